The van der Waals surface area contributed by atoms with E-state index in [-0.39, 0.29) is 32.2 Å². The summed E-state index contributed by atoms with van der Waals surface area (Å²) in [4.78, 5) is 45.1. The molecule has 8 heteroatoms. The summed E-state index contributed by atoms with van der Waals surface area (Å²) in [6.07, 6.45) is 0.449. The molecule has 0 fully saturated rings. The molecule has 0 heterocycles. The van der Waals surface area contributed by atoms with E-state index < -0.39 is 29.9 Å². The van der Waals surface area contributed by atoms with Crippen molar-refractivity contribution in [3.8, 4) is 0 Å². The number of carbonyl (C=O) groups is 4. The number of likely N-dealkylation sites (N-methyl/N-ethyl adjacent to an activating group) is 1. The number of amides is 1. The summed E-state index contributed by atoms with van der Waals surface area (Å²) in [7, 11) is 0. The topological polar surface area (TPSA) is 138 Å². The van der Waals surface area contributed by atoms with Crippen LogP contribution >= 0.6 is 0 Å². The van der Waals surface area contributed by atoms with Crippen molar-refractivity contribution in [2.24, 2.45) is 5.73 Å². The minimum absolute atomic E-state index is 0.0311. The van der Waals surface area contributed by atoms with Crippen molar-refractivity contribution in [1.82, 2.24) is 4.90 Å². The first kappa shape index (κ1) is 18.0. The van der Waals surface area contributed by atoms with Crippen molar-refractivity contribution >= 4 is 24.1 Å². The molecule has 2 atom stereocenters. The Morgan fingerprint density at radius 1 is 1.20 bits per heavy atom. The van der Waals surface area contributed by atoms with Crippen LogP contribution in [0.5, 0.6) is 0 Å². The molecule has 8 nitrogen and oxygen atoms in total. The van der Waals surface area contributed by atoms with Crippen molar-refractivity contribution < 1.29 is 29.4 Å². The van der Waals surface area contributed by atoms with Gasteiger partial charge in [-0.05, 0) is 19.8 Å². The van der Waals surface area contributed by atoms with Crippen molar-refractivity contribution in [3.63, 3.8) is 0 Å². The number of carboxylic acids is 2. The van der Waals surface area contributed by atoms with E-state index in [1.165, 1.54) is 0 Å². The van der Waals surface area contributed by atoms with Crippen LogP contribution in [0.1, 0.15) is 32.6 Å². The van der Waals surface area contributed by atoms with Gasteiger partial charge in [0.25, 0.3) is 0 Å². The molecule has 0 saturated heterocycles. The summed E-state index contributed by atoms with van der Waals surface area (Å²) >= 11 is 0. The van der Waals surface area contributed by atoms with Gasteiger partial charge in [0.1, 0.15) is 18.4 Å². The maximum Gasteiger partial charge on any atom is 0.326 e. The van der Waals surface area contributed by atoms with E-state index >= 15 is 0 Å². The number of aldehydes is 1. The van der Waals surface area contributed by atoms with Gasteiger partial charge in [0.15, 0.2) is 0 Å². The Morgan fingerprint density at radius 3 is 2.20 bits per heavy atom. The molecule has 4 N–H and O–H groups in total. The summed E-state index contributed by atoms with van der Waals surface area (Å²) in [6, 6.07) is -2.24. The van der Waals surface area contributed by atoms with E-state index in [0.29, 0.717) is 6.29 Å². The lowest BCUT2D eigenvalue weighted by molar-refractivity contribution is -0.150. The first-order valence-electron chi connectivity index (χ1n) is 6.29. The zero-order chi connectivity index (χ0) is 15.7. The smallest absolute Gasteiger partial charge is 0.326 e. The molecule has 0 radical (unpaired) electrons. The van der Waals surface area contributed by atoms with Crippen LogP contribution in [0.4, 0.5) is 0 Å². The molecule has 0 aromatic carbocycles. The fraction of sp³-hybridized carbons (Fsp3) is 0.667. The molecular weight excluding hydrogens is 268 g/mol. The number of nitrogens with two attached hydrogens (primary N) is 1. The average molecular weight is 288 g/mol. The minimum atomic E-state index is -1.21. The highest BCUT2D eigenvalue weighted by molar-refractivity contribution is 5.84. The molecule has 0 aromatic rings. The second kappa shape index (κ2) is 9.03. The van der Waals surface area contributed by atoms with E-state index in [1.807, 2.05) is 0 Å². The zero-order valence-electron chi connectivity index (χ0n) is 11.3. The lowest BCUT2D eigenvalue weighted by atomic mass is 10.1. The van der Waals surface area contributed by atoms with Crippen molar-refractivity contribution in [2.75, 3.05) is 6.54 Å². The van der Waals surface area contributed by atoms with E-state index in [1.54, 1.807) is 6.92 Å². The highest BCUT2D eigenvalue weighted by Crippen LogP contribution is 2.10. The Labute approximate surface area is 116 Å². The Kier molecular flexibility index (Phi) is 8.14. The third-order valence-corrected chi connectivity index (χ3v) is 2.87. The predicted octanol–water partition coefficient (Wildman–Crippen LogP) is -0.541. The number of rotatable bonds is 10. The number of hydrogen-bond donors (Lipinski definition) is 3. The zero-order valence-corrected chi connectivity index (χ0v) is 11.3. The van der Waals surface area contributed by atoms with Crippen molar-refractivity contribution in [1.29, 1.82) is 0 Å². The molecule has 20 heavy (non-hydrogen) atoms. The largest absolute Gasteiger partial charge is 0.480 e. The van der Waals surface area contributed by atoms with Gasteiger partial charge in [-0.1, -0.05) is 0 Å². The predicted molar refractivity (Wildman–Crippen MR) is 69.0 cm³/mol. The summed E-state index contributed by atoms with van der Waals surface area (Å²) in [5.74, 6) is -2.89. The van der Waals surface area contributed by atoms with Gasteiger partial charge in [-0.3, -0.25) is 9.59 Å². The molecular formula is C12H20N2O6. The van der Waals surface area contributed by atoms with E-state index in [9.17, 15) is 19.2 Å². The van der Waals surface area contributed by atoms with Gasteiger partial charge >= 0.3 is 11.9 Å². The molecule has 0 unspecified atom stereocenters. The molecule has 0 aliphatic carbocycles. The summed E-state index contributed by atoms with van der Waals surface area (Å²) in [5, 5.41) is 17.7. The number of carbonyl (C=O) groups excluding carboxylic acids is 2. The molecule has 0 aromatic heterocycles. The van der Waals surface area contributed by atoms with Crippen LogP contribution in [-0.4, -0.2) is 57.9 Å². The molecule has 0 saturated carbocycles. The highest BCUT2D eigenvalue weighted by Gasteiger charge is 2.28. The molecule has 114 valence electrons. The number of carboxylic acid groups (broad SMARTS) is 2. The van der Waals surface area contributed by atoms with E-state index in [2.05, 4.69) is 0 Å². The third-order valence-electron chi connectivity index (χ3n) is 2.87. The summed E-state index contributed by atoms with van der Waals surface area (Å²) in [5.41, 5.74) is 5.29. The monoisotopic (exact) mass is 288 g/mol. The SMILES string of the molecule is CCN(C(=O)CC[C@H](N)C(=O)O)[C@H](CCC=O)C(=O)O. The molecule has 0 rings (SSSR count). The van der Waals surface area contributed by atoms with Gasteiger partial charge in [0.2, 0.25) is 5.91 Å². The lowest BCUT2D eigenvalue weighted by Gasteiger charge is -2.27. The van der Waals surface area contributed by atoms with Crippen LogP contribution in [0.3, 0.4) is 0 Å². The van der Waals surface area contributed by atoms with Gasteiger partial charge in [-0.2, -0.15) is 0 Å². The number of nitrogens with zero attached hydrogens (tertiary/aromatic N) is 1. The molecule has 0 aliphatic heterocycles. The van der Waals surface area contributed by atoms with Gasteiger partial charge in [0, 0.05) is 19.4 Å². The van der Waals surface area contributed by atoms with Gasteiger partial charge < -0.3 is 25.6 Å². The first-order valence-corrected chi connectivity index (χ1v) is 6.29. The maximum atomic E-state index is 11.9. The Bertz CT molecular complexity index is 371. The fourth-order valence-electron chi connectivity index (χ4n) is 1.76. The Hall–Kier alpha value is -1.96. The average Bonchev–Trinajstić information content (AvgIpc) is 2.39. The maximum absolute atomic E-state index is 11.9. The second-order valence-electron chi connectivity index (χ2n) is 4.26. The van der Waals surface area contributed by atoms with Crippen LogP contribution in [0.25, 0.3) is 0 Å². The van der Waals surface area contributed by atoms with Crippen LogP contribution < -0.4 is 5.73 Å². The minimum Gasteiger partial charge on any atom is -0.480 e. The normalized spacial score (nSPS) is 13.3. The van der Waals surface area contributed by atoms with Crippen LogP contribution in [0.15, 0.2) is 0 Å². The Morgan fingerprint density at radius 2 is 1.80 bits per heavy atom. The van der Waals surface area contributed by atoms with Crippen molar-refractivity contribution in [3.05, 3.63) is 0 Å². The molecule has 1 amide bonds. The van der Waals surface area contributed by atoms with Gasteiger partial charge in [0.05, 0.1) is 0 Å². The van der Waals surface area contributed by atoms with E-state index in [4.69, 9.17) is 15.9 Å². The highest BCUT2D eigenvalue weighted by atomic mass is 16.4. The summed E-state index contributed by atoms with van der Waals surface area (Å²) < 4.78 is 0. The van der Waals surface area contributed by atoms with Gasteiger partial charge in [-0.25, -0.2) is 4.79 Å². The second-order valence-corrected chi connectivity index (χ2v) is 4.26. The van der Waals surface area contributed by atoms with E-state index in [0.717, 1.165) is 4.90 Å². The summed E-state index contributed by atoms with van der Waals surface area (Å²) in [6.45, 7) is 1.78. The quantitative estimate of drug-likeness (QED) is 0.459. The van der Waals surface area contributed by atoms with Gasteiger partial charge in [-0.15, -0.1) is 0 Å². The van der Waals surface area contributed by atoms with Crippen LogP contribution in [0.2, 0.25) is 0 Å². The number of aliphatic carboxylic acids is 2. The van der Waals surface area contributed by atoms with Crippen LogP contribution in [0, 0.1) is 0 Å². The molecule has 0 bridgehead atoms. The van der Waals surface area contributed by atoms with Crippen LogP contribution in [-0.2, 0) is 19.2 Å². The number of hydrogen-bond acceptors (Lipinski definition) is 5. The first-order chi connectivity index (χ1) is 9.34. The lowest BCUT2D eigenvalue weighted by Crippen LogP contribution is -2.45. The van der Waals surface area contributed by atoms with Crippen molar-refractivity contribution in [2.45, 2.75) is 44.7 Å². The molecule has 0 aliphatic rings. The standard InChI is InChI=1S/C12H20N2O6/c1-2-14(9(12(19)20)4-3-7-15)10(16)6-5-8(13)11(17)18/h7-9H,2-6,13H2,1H3,(H,17,18)(H,19,20)/t8-,9+/m0/s1. The Balaban J connectivity index is 4.68. The fourth-order valence-corrected chi connectivity index (χ4v) is 1.76. The molecule has 0 spiro atoms. The third kappa shape index (κ3) is 5.79.